The standard InChI is InChI=1S/C28H23FN2O3/c1-4-15-34-23-13-14-25-24(16-23)27(21-7-5-19(6-8-21)18(2)3)30-28(33)31(25)17-26(32)20-9-11-22(29)12-10-20/h1,5-14,16,18H,15,17H2,2-3H3. The summed E-state index contributed by atoms with van der Waals surface area (Å²) in [6.07, 6.45) is 5.32. The van der Waals surface area contributed by atoms with Crippen molar-refractivity contribution in [1.82, 2.24) is 9.55 Å². The molecule has 3 aromatic carbocycles. The fourth-order valence-electron chi connectivity index (χ4n) is 3.74. The molecule has 5 nitrogen and oxygen atoms in total. The Balaban J connectivity index is 1.84. The maximum absolute atomic E-state index is 13.2. The molecule has 170 valence electrons. The van der Waals surface area contributed by atoms with Gasteiger partial charge in [0.05, 0.1) is 17.8 Å². The van der Waals surface area contributed by atoms with Crippen molar-refractivity contribution in [2.75, 3.05) is 6.61 Å². The third kappa shape index (κ3) is 4.74. The maximum Gasteiger partial charge on any atom is 0.349 e. The Bertz CT molecular complexity index is 1450. The van der Waals surface area contributed by atoms with Gasteiger partial charge in [0.2, 0.25) is 0 Å². The molecule has 34 heavy (non-hydrogen) atoms. The third-order valence-electron chi connectivity index (χ3n) is 5.59. The van der Waals surface area contributed by atoms with Gasteiger partial charge in [0.25, 0.3) is 0 Å². The highest BCUT2D eigenvalue weighted by atomic mass is 19.1. The Labute approximate surface area is 196 Å². The number of halogens is 1. The van der Waals surface area contributed by atoms with Crippen molar-refractivity contribution in [3.8, 4) is 29.4 Å². The summed E-state index contributed by atoms with van der Waals surface area (Å²) < 4.78 is 20.1. The Morgan fingerprint density at radius 2 is 1.79 bits per heavy atom. The highest BCUT2D eigenvalue weighted by Crippen LogP contribution is 2.30. The predicted molar refractivity (Wildman–Crippen MR) is 131 cm³/mol. The van der Waals surface area contributed by atoms with Crippen LogP contribution in [0.15, 0.2) is 71.5 Å². The van der Waals surface area contributed by atoms with Crippen LogP contribution >= 0.6 is 0 Å². The van der Waals surface area contributed by atoms with Crippen LogP contribution in [-0.4, -0.2) is 21.9 Å². The van der Waals surface area contributed by atoms with Gasteiger partial charge in [0.15, 0.2) is 5.78 Å². The largest absolute Gasteiger partial charge is 0.481 e. The summed E-state index contributed by atoms with van der Waals surface area (Å²) in [4.78, 5) is 30.2. The van der Waals surface area contributed by atoms with Gasteiger partial charge < -0.3 is 4.74 Å². The molecule has 0 N–H and O–H groups in total. The SMILES string of the molecule is C#CCOc1ccc2c(c1)c(-c1ccc(C(C)C)cc1)nc(=O)n2CC(=O)c1ccc(F)cc1. The molecule has 1 heterocycles. The Morgan fingerprint density at radius 3 is 2.44 bits per heavy atom. The second-order valence-electron chi connectivity index (χ2n) is 8.21. The highest BCUT2D eigenvalue weighted by Gasteiger charge is 2.17. The molecule has 0 atom stereocenters. The summed E-state index contributed by atoms with van der Waals surface area (Å²) in [6.45, 7) is 4.08. The predicted octanol–water partition coefficient (Wildman–Crippen LogP) is 5.22. The number of hydrogen-bond acceptors (Lipinski definition) is 4. The second kappa shape index (κ2) is 9.72. The number of Topliss-reactive ketones (excluding diaryl/α,β-unsaturated/α-hetero) is 1. The van der Waals surface area contributed by atoms with E-state index in [1.54, 1.807) is 18.2 Å². The van der Waals surface area contributed by atoms with E-state index in [4.69, 9.17) is 11.2 Å². The van der Waals surface area contributed by atoms with Crippen molar-refractivity contribution in [3.05, 3.63) is 94.2 Å². The summed E-state index contributed by atoms with van der Waals surface area (Å²) in [6, 6.07) is 18.3. The molecule has 0 bridgehead atoms. The van der Waals surface area contributed by atoms with Crippen molar-refractivity contribution in [3.63, 3.8) is 0 Å². The number of aromatic nitrogens is 2. The van der Waals surface area contributed by atoms with Crippen LogP contribution in [0.5, 0.6) is 5.75 Å². The summed E-state index contributed by atoms with van der Waals surface area (Å²) in [7, 11) is 0. The lowest BCUT2D eigenvalue weighted by atomic mass is 9.99. The van der Waals surface area contributed by atoms with Gasteiger partial charge in [-0.1, -0.05) is 44.0 Å². The molecule has 0 aliphatic rings. The van der Waals surface area contributed by atoms with Crippen LogP contribution < -0.4 is 10.4 Å². The monoisotopic (exact) mass is 454 g/mol. The van der Waals surface area contributed by atoms with Crippen LogP contribution in [0.4, 0.5) is 4.39 Å². The van der Waals surface area contributed by atoms with E-state index in [-0.39, 0.29) is 18.9 Å². The molecule has 0 aliphatic heterocycles. The van der Waals surface area contributed by atoms with Gasteiger partial charge in [-0.3, -0.25) is 9.36 Å². The fraction of sp³-hybridized carbons (Fsp3) is 0.179. The minimum atomic E-state index is -0.553. The molecule has 4 aromatic rings. The van der Waals surface area contributed by atoms with E-state index in [9.17, 15) is 14.0 Å². The van der Waals surface area contributed by atoms with Gasteiger partial charge in [-0.2, -0.15) is 4.98 Å². The van der Waals surface area contributed by atoms with E-state index >= 15 is 0 Å². The molecule has 0 aliphatic carbocycles. The number of fused-ring (bicyclic) bond motifs is 1. The van der Waals surface area contributed by atoms with E-state index in [1.165, 1.54) is 34.4 Å². The number of carbonyl (C=O) groups excluding carboxylic acids is 1. The normalized spacial score (nSPS) is 10.9. The number of carbonyl (C=O) groups is 1. The Hall–Kier alpha value is -4.24. The summed E-state index contributed by atoms with van der Waals surface area (Å²) >= 11 is 0. The first-order valence-corrected chi connectivity index (χ1v) is 10.9. The molecule has 4 rings (SSSR count). The molecule has 0 saturated heterocycles. The van der Waals surface area contributed by atoms with E-state index in [2.05, 4.69) is 24.8 Å². The summed E-state index contributed by atoms with van der Waals surface area (Å²) in [5.41, 5.74) is 2.73. The number of nitrogens with zero attached hydrogens (tertiary/aromatic N) is 2. The van der Waals surface area contributed by atoms with Crippen LogP contribution in [0.1, 0.15) is 35.7 Å². The smallest absolute Gasteiger partial charge is 0.349 e. The molecule has 6 heteroatoms. The topological polar surface area (TPSA) is 61.2 Å². The number of ketones is 1. The van der Waals surface area contributed by atoms with E-state index in [0.29, 0.717) is 33.8 Å². The molecule has 0 amide bonds. The lowest BCUT2D eigenvalue weighted by Gasteiger charge is -2.14. The Morgan fingerprint density at radius 1 is 1.09 bits per heavy atom. The van der Waals surface area contributed by atoms with Gasteiger partial charge in [0.1, 0.15) is 18.2 Å². The number of benzene rings is 3. The van der Waals surface area contributed by atoms with Gasteiger partial charge >= 0.3 is 5.69 Å². The second-order valence-corrected chi connectivity index (χ2v) is 8.21. The summed E-state index contributed by atoms with van der Waals surface area (Å²) in [5.74, 6) is 2.57. The van der Waals surface area contributed by atoms with E-state index in [0.717, 1.165) is 5.56 Å². The van der Waals surface area contributed by atoms with E-state index in [1.807, 2.05) is 24.3 Å². The first kappa shape index (κ1) is 22.9. The van der Waals surface area contributed by atoms with Gasteiger partial charge in [-0.15, -0.1) is 6.42 Å². The zero-order chi connectivity index (χ0) is 24.2. The molecule has 1 aromatic heterocycles. The highest BCUT2D eigenvalue weighted by molar-refractivity contribution is 5.98. The average molecular weight is 455 g/mol. The van der Waals surface area contributed by atoms with E-state index < -0.39 is 11.5 Å². The Kier molecular flexibility index (Phi) is 6.55. The van der Waals surface area contributed by atoms with Gasteiger partial charge in [-0.05, 0) is 53.9 Å². The van der Waals surface area contributed by atoms with Crippen molar-refractivity contribution in [1.29, 1.82) is 0 Å². The van der Waals surface area contributed by atoms with Crippen LogP contribution in [0.3, 0.4) is 0 Å². The fourth-order valence-corrected chi connectivity index (χ4v) is 3.74. The minimum absolute atomic E-state index is 0.0973. The lowest BCUT2D eigenvalue weighted by Crippen LogP contribution is -2.27. The molecule has 0 unspecified atom stereocenters. The summed E-state index contributed by atoms with van der Waals surface area (Å²) in [5, 5.41) is 0.651. The number of ether oxygens (including phenoxy) is 1. The van der Waals surface area contributed by atoms with Crippen molar-refractivity contribution in [2.45, 2.75) is 26.3 Å². The molecule has 0 fully saturated rings. The van der Waals surface area contributed by atoms with Crippen molar-refractivity contribution in [2.24, 2.45) is 0 Å². The van der Waals surface area contributed by atoms with Crippen molar-refractivity contribution >= 4 is 16.7 Å². The molecule has 0 spiro atoms. The lowest BCUT2D eigenvalue weighted by molar-refractivity contribution is 0.0972. The zero-order valence-corrected chi connectivity index (χ0v) is 18.9. The van der Waals surface area contributed by atoms with Crippen LogP contribution in [0, 0.1) is 18.2 Å². The number of hydrogen-bond donors (Lipinski definition) is 0. The quantitative estimate of drug-likeness (QED) is 0.284. The molecule has 0 radical (unpaired) electrons. The van der Waals surface area contributed by atoms with Crippen LogP contribution in [-0.2, 0) is 6.54 Å². The van der Waals surface area contributed by atoms with Gasteiger partial charge in [-0.25, -0.2) is 9.18 Å². The first-order chi connectivity index (χ1) is 16.4. The average Bonchev–Trinajstić information content (AvgIpc) is 2.84. The molecular formula is C28H23FN2O3. The first-order valence-electron chi connectivity index (χ1n) is 10.9. The van der Waals surface area contributed by atoms with Gasteiger partial charge in [0, 0.05) is 16.5 Å². The zero-order valence-electron chi connectivity index (χ0n) is 18.9. The minimum Gasteiger partial charge on any atom is -0.481 e. The number of terminal acetylenes is 1. The van der Waals surface area contributed by atoms with Crippen LogP contribution in [0.2, 0.25) is 0 Å². The number of rotatable bonds is 7. The maximum atomic E-state index is 13.2. The third-order valence-corrected chi connectivity index (χ3v) is 5.59. The van der Waals surface area contributed by atoms with Crippen molar-refractivity contribution < 1.29 is 13.9 Å². The van der Waals surface area contributed by atoms with Crippen LogP contribution in [0.25, 0.3) is 22.2 Å². The molecule has 0 saturated carbocycles. The molecular weight excluding hydrogens is 431 g/mol.